The molecule has 1 saturated heterocycles. The highest BCUT2D eigenvalue weighted by Crippen LogP contribution is 2.31. The molecule has 2 atom stereocenters. The van der Waals surface area contributed by atoms with Crippen LogP contribution in [0.2, 0.25) is 0 Å². The lowest BCUT2D eigenvalue weighted by Crippen LogP contribution is -2.46. The Hall–Kier alpha value is -2.35. The first-order chi connectivity index (χ1) is 14.2. The smallest absolute Gasteiger partial charge is 0.263 e. The number of methoxy groups -OCH3 is 1. The van der Waals surface area contributed by atoms with Crippen molar-refractivity contribution in [2.45, 2.75) is 25.4 Å². The molecule has 8 heteroatoms. The first-order valence-corrected chi connectivity index (χ1v) is 10.1. The van der Waals surface area contributed by atoms with E-state index < -0.39 is 0 Å². The molecule has 0 unspecified atom stereocenters. The zero-order chi connectivity index (χ0) is 20.2. The summed E-state index contributed by atoms with van der Waals surface area (Å²) in [5.74, 6) is 1.24. The SMILES string of the molecule is COCCOc1ccc(CNC(=O)c2ccc3n(c2=O)C[C@@H]2CNC[C@H]3C2)cc1.Cl. The van der Waals surface area contributed by atoms with Gasteiger partial charge in [-0.25, -0.2) is 0 Å². The van der Waals surface area contributed by atoms with E-state index in [-0.39, 0.29) is 29.4 Å². The van der Waals surface area contributed by atoms with E-state index in [4.69, 9.17) is 9.47 Å². The number of carbonyl (C=O) groups is 1. The van der Waals surface area contributed by atoms with Crippen molar-refractivity contribution in [2.24, 2.45) is 5.92 Å². The molecule has 0 spiro atoms. The maximum Gasteiger partial charge on any atom is 0.263 e. The molecule has 3 heterocycles. The monoisotopic (exact) mass is 433 g/mol. The normalized spacial score (nSPS) is 19.4. The lowest BCUT2D eigenvalue weighted by molar-refractivity contribution is 0.0948. The molecule has 30 heavy (non-hydrogen) atoms. The number of amides is 1. The van der Waals surface area contributed by atoms with E-state index in [9.17, 15) is 9.59 Å². The molecule has 2 aliphatic heterocycles. The summed E-state index contributed by atoms with van der Waals surface area (Å²) in [7, 11) is 1.63. The number of rotatable bonds is 7. The van der Waals surface area contributed by atoms with Gasteiger partial charge in [0.05, 0.1) is 6.61 Å². The molecular weight excluding hydrogens is 406 g/mol. The number of hydrogen-bond acceptors (Lipinski definition) is 5. The number of benzene rings is 1. The van der Waals surface area contributed by atoms with Gasteiger partial charge in [-0.15, -0.1) is 12.4 Å². The summed E-state index contributed by atoms with van der Waals surface area (Å²) in [5, 5.41) is 6.29. The molecule has 2 aliphatic rings. The number of nitrogens with one attached hydrogen (secondary N) is 2. The highest BCUT2D eigenvalue weighted by molar-refractivity contribution is 5.93. The van der Waals surface area contributed by atoms with E-state index in [1.807, 2.05) is 30.3 Å². The van der Waals surface area contributed by atoms with E-state index in [1.54, 1.807) is 17.7 Å². The van der Waals surface area contributed by atoms with E-state index in [0.29, 0.717) is 38.1 Å². The number of halogens is 1. The predicted molar refractivity (Wildman–Crippen MR) is 117 cm³/mol. The number of aromatic nitrogens is 1. The standard InChI is InChI=1S/C22H27N3O4.ClH/c1-28-8-9-29-18-4-2-15(3-5-18)12-24-21(26)19-6-7-20-17-10-16(11-23-13-17)14-25(20)22(19)27;/h2-7,16-17,23H,8-14H2,1H3,(H,24,26);1H/t16-,17+;/m0./s1. The molecule has 4 rings (SSSR count). The van der Waals surface area contributed by atoms with Gasteiger partial charge >= 0.3 is 0 Å². The summed E-state index contributed by atoms with van der Waals surface area (Å²) in [6, 6.07) is 11.1. The van der Waals surface area contributed by atoms with Gasteiger partial charge in [-0.2, -0.15) is 0 Å². The Balaban J connectivity index is 0.00000256. The predicted octanol–water partition coefficient (Wildman–Crippen LogP) is 1.93. The van der Waals surface area contributed by atoms with Gasteiger partial charge in [0.25, 0.3) is 11.5 Å². The van der Waals surface area contributed by atoms with Crippen molar-refractivity contribution in [3.05, 3.63) is 63.6 Å². The summed E-state index contributed by atoms with van der Waals surface area (Å²) in [5.41, 5.74) is 2.01. The first-order valence-electron chi connectivity index (χ1n) is 10.1. The van der Waals surface area contributed by atoms with Crippen molar-refractivity contribution in [3.8, 4) is 5.75 Å². The molecule has 1 aromatic heterocycles. The Bertz CT molecular complexity index is 929. The van der Waals surface area contributed by atoms with Crippen molar-refractivity contribution in [1.29, 1.82) is 0 Å². The van der Waals surface area contributed by atoms with Crippen LogP contribution in [0.25, 0.3) is 0 Å². The summed E-state index contributed by atoms with van der Waals surface area (Å²) in [4.78, 5) is 25.6. The van der Waals surface area contributed by atoms with Crippen LogP contribution in [0.3, 0.4) is 0 Å². The molecule has 2 aromatic rings. The van der Waals surface area contributed by atoms with Crippen LogP contribution in [-0.4, -0.2) is 43.9 Å². The van der Waals surface area contributed by atoms with Crippen molar-refractivity contribution in [1.82, 2.24) is 15.2 Å². The van der Waals surface area contributed by atoms with Gasteiger partial charge in [0.2, 0.25) is 0 Å². The molecule has 2 N–H and O–H groups in total. The van der Waals surface area contributed by atoms with Crippen LogP contribution in [-0.2, 0) is 17.8 Å². The topological polar surface area (TPSA) is 81.6 Å². The summed E-state index contributed by atoms with van der Waals surface area (Å²) >= 11 is 0. The fourth-order valence-corrected chi connectivity index (χ4v) is 4.19. The molecule has 0 saturated carbocycles. The van der Waals surface area contributed by atoms with Gasteiger partial charge in [0, 0.05) is 38.4 Å². The van der Waals surface area contributed by atoms with Crippen LogP contribution in [0, 0.1) is 5.92 Å². The third-order valence-corrected chi connectivity index (χ3v) is 5.69. The van der Waals surface area contributed by atoms with Gasteiger partial charge in [-0.3, -0.25) is 9.59 Å². The Morgan fingerprint density at radius 3 is 2.73 bits per heavy atom. The third-order valence-electron chi connectivity index (χ3n) is 5.69. The molecule has 0 aliphatic carbocycles. The van der Waals surface area contributed by atoms with Crippen LogP contribution in [0.4, 0.5) is 0 Å². The first kappa shape index (κ1) is 22.3. The average Bonchev–Trinajstić information content (AvgIpc) is 2.74. The molecule has 1 fully saturated rings. The van der Waals surface area contributed by atoms with Crippen molar-refractivity contribution >= 4 is 18.3 Å². The van der Waals surface area contributed by atoms with E-state index in [0.717, 1.165) is 36.5 Å². The zero-order valence-electron chi connectivity index (χ0n) is 17.1. The number of pyridine rings is 1. The third kappa shape index (κ3) is 4.86. The highest BCUT2D eigenvalue weighted by Gasteiger charge is 2.31. The second kappa shape index (κ2) is 10.1. The van der Waals surface area contributed by atoms with Crippen LogP contribution < -0.4 is 20.9 Å². The molecular formula is C22H28ClN3O4. The van der Waals surface area contributed by atoms with Gasteiger partial charge in [-0.1, -0.05) is 12.1 Å². The second-order valence-electron chi connectivity index (χ2n) is 7.71. The summed E-state index contributed by atoms with van der Waals surface area (Å²) in [6.07, 6.45) is 1.11. The highest BCUT2D eigenvalue weighted by atomic mass is 35.5. The van der Waals surface area contributed by atoms with E-state index in [1.165, 1.54) is 0 Å². The number of piperidine rings is 1. The molecule has 2 bridgehead atoms. The van der Waals surface area contributed by atoms with E-state index >= 15 is 0 Å². The quantitative estimate of drug-likeness (QED) is 0.652. The van der Waals surface area contributed by atoms with Crippen molar-refractivity contribution in [2.75, 3.05) is 33.4 Å². The Labute approximate surface area is 182 Å². The van der Waals surface area contributed by atoms with Crippen LogP contribution in [0.5, 0.6) is 5.75 Å². The summed E-state index contributed by atoms with van der Waals surface area (Å²) < 4.78 is 12.3. The van der Waals surface area contributed by atoms with Crippen LogP contribution in [0.1, 0.15) is 34.0 Å². The Morgan fingerprint density at radius 2 is 1.97 bits per heavy atom. The number of ether oxygens (including phenoxy) is 2. The minimum Gasteiger partial charge on any atom is -0.491 e. The average molecular weight is 434 g/mol. The lowest BCUT2D eigenvalue weighted by Gasteiger charge is -2.37. The van der Waals surface area contributed by atoms with Gasteiger partial charge < -0.3 is 24.7 Å². The Kier molecular flexibility index (Phi) is 7.53. The minimum absolute atomic E-state index is 0. The van der Waals surface area contributed by atoms with Crippen LogP contribution >= 0.6 is 12.4 Å². The largest absolute Gasteiger partial charge is 0.491 e. The Morgan fingerprint density at radius 1 is 1.17 bits per heavy atom. The fraction of sp³-hybridized carbons (Fsp3) is 0.455. The number of nitrogens with zero attached hydrogens (tertiary/aromatic N) is 1. The maximum absolute atomic E-state index is 12.9. The molecule has 7 nitrogen and oxygen atoms in total. The molecule has 0 radical (unpaired) electrons. The number of hydrogen-bond donors (Lipinski definition) is 2. The van der Waals surface area contributed by atoms with Gasteiger partial charge in [0.1, 0.15) is 17.9 Å². The van der Waals surface area contributed by atoms with Crippen molar-refractivity contribution in [3.63, 3.8) is 0 Å². The van der Waals surface area contributed by atoms with Crippen molar-refractivity contribution < 1.29 is 14.3 Å². The molecule has 162 valence electrons. The molecule has 1 aromatic carbocycles. The zero-order valence-corrected chi connectivity index (χ0v) is 17.9. The second-order valence-corrected chi connectivity index (χ2v) is 7.71. The fourth-order valence-electron chi connectivity index (χ4n) is 4.19. The summed E-state index contributed by atoms with van der Waals surface area (Å²) in [6.45, 7) is 3.90. The van der Waals surface area contributed by atoms with Crippen LogP contribution in [0.15, 0.2) is 41.2 Å². The number of carbonyl (C=O) groups excluding carboxylic acids is 1. The maximum atomic E-state index is 12.9. The number of fused-ring (bicyclic) bond motifs is 4. The lowest BCUT2D eigenvalue weighted by atomic mass is 9.84. The molecule has 1 amide bonds. The minimum atomic E-state index is -0.334. The van der Waals surface area contributed by atoms with Gasteiger partial charge in [-0.05, 0) is 48.7 Å². The van der Waals surface area contributed by atoms with Gasteiger partial charge in [0.15, 0.2) is 0 Å². The van der Waals surface area contributed by atoms with E-state index in [2.05, 4.69) is 10.6 Å².